The predicted octanol–water partition coefficient (Wildman–Crippen LogP) is 4.14. The Labute approximate surface area is 146 Å². The molecule has 0 bridgehead atoms. The summed E-state index contributed by atoms with van der Waals surface area (Å²) in [6.07, 6.45) is 0. The molecule has 3 nitrogen and oxygen atoms in total. The van der Waals surface area contributed by atoms with Crippen molar-refractivity contribution in [1.29, 1.82) is 0 Å². The summed E-state index contributed by atoms with van der Waals surface area (Å²) in [5, 5.41) is 2.03. The number of benzene rings is 1. The Hall–Kier alpha value is -1.46. The van der Waals surface area contributed by atoms with Gasteiger partial charge in [-0.2, -0.15) is 0 Å². The Morgan fingerprint density at radius 3 is 2.87 bits per heavy atom. The maximum atomic E-state index is 12.1. The van der Waals surface area contributed by atoms with Gasteiger partial charge in [-0.1, -0.05) is 18.2 Å². The molecule has 0 unspecified atom stereocenters. The molecule has 0 aliphatic heterocycles. The van der Waals surface area contributed by atoms with Crippen molar-refractivity contribution in [3.8, 4) is 5.75 Å². The van der Waals surface area contributed by atoms with E-state index in [0.29, 0.717) is 18.9 Å². The van der Waals surface area contributed by atoms with Gasteiger partial charge in [0.05, 0.1) is 18.9 Å². The van der Waals surface area contributed by atoms with E-state index in [1.807, 2.05) is 25.4 Å². The topological polar surface area (TPSA) is 29.5 Å². The summed E-state index contributed by atoms with van der Waals surface area (Å²) in [4.78, 5) is 15.1. The molecule has 0 saturated carbocycles. The van der Waals surface area contributed by atoms with Crippen molar-refractivity contribution >= 4 is 29.0 Å². The summed E-state index contributed by atoms with van der Waals surface area (Å²) >= 11 is 3.30. The summed E-state index contributed by atoms with van der Waals surface area (Å²) < 4.78 is 5.80. The number of rotatable bonds is 8. The van der Waals surface area contributed by atoms with Gasteiger partial charge in [0.1, 0.15) is 5.75 Å². The smallest absolute Gasteiger partial charge is 0.232 e. The number of carbonyl (C=O) groups excluding carboxylic acids is 1. The molecule has 0 N–H and O–H groups in total. The summed E-state index contributed by atoms with van der Waals surface area (Å²) in [6, 6.07) is 10.3. The molecule has 0 fully saturated rings. The molecule has 1 amide bonds. The van der Waals surface area contributed by atoms with E-state index in [-0.39, 0.29) is 5.91 Å². The fourth-order valence-electron chi connectivity index (χ4n) is 2.07. The average Bonchev–Trinajstić information content (AvgIpc) is 3.03. The minimum Gasteiger partial charge on any atom is -0.492 e. The molecule has 2 aromatic rings. The maximum absolute atomic E-state index is 12.1. The van der Waals surface area contributed by atoms with Gasteiger partial charge in [0.15, 0.2) is 0 Å². The van der Waals surface area contributed by atoms with E-state index in [4.69, 9.17) is 4.74 Å². The second-order valence-electron chi connectivity index (χ2n) is 5.50. The van der Waals surface area contributed by atoms with Crippen LogP contribution in [0.1, 0.15) is 16.0 Å². The summed E-state index contributed by atoms with van der Waals surface area (Å²) in [6.45, 7) is 5.42. The van der Waals surface area contributed by atoms with Crippen LogP contribution in [0.25, 0.3) is 0 Å². The van der Waals surface area contributed by atoms with Crippen LogP contribution < -0.4 is 4.74 Å². The van der Waals surface area contributed by atoms with Crippen LogP contribution >= 0.6 is 23.1 Å². The monoisotopic (exact) mass is 349 g/mol. The highest BCUT2D eigenvalue weighted by Gasteiger charge is 2.09. The van der Waals surface area contributed by atoms with Crippen molar-refractivity contribution in [3.05, 3.63) is 51.7 Å². The second-order valence-corrected chi connectivity index (χ2v) is 7.64. The van der Waals surface area contributed by atoms with Gasteiger partial charge >= 0.3 is 0 Å². The highest BCUT2D eigenvalue weighted by molar-refractivity contribution is 7.99. The Morgan fingerprint density at radius 1 is 1.30 bits per heavy atom. The van der Waals surface area contributed by atoms with Gasteiger partial charge in [0, 0.05) is 17.7 Å². The lowest BCUT2D eigenvalue weighted by Gasteiger charge is -2.16. The number of carbonyl (C=O) groups is 1. The minimum atomic E-state index is 0.162. The number of aryl methyl sites for hydroxylation is 2. The summed E-state index contributed by atoms with van der Waals surface area (Å²) in [5.41, 5.74) is 2.34. The molecular weight excluding hydrogens is 326 g/mol. The van der Waals surface area contributed by atoms with E-state index in [1.165, 1.54) is 10.4 Å². The lowest BCUT2D eigenvalue weighted by atomic mass is 10.1. The van der Waals surface area contributed by atoms with Gasteiger partial charge in [-0.25, -0.2) is 0 Å². The Kier molecular flexibility index (Phi) is 6.99. The number of hydrogen-bond donors (Lipinski definition) is 0. The maximum Gasteiger partial charge on any atom is 0.232 e. The quantitative estimate of drug-likeness (QED) is 0.671. The number of ether oxygens (including phenoxy) is 1. The third kappa shape index (κ3) is 5.92. The van der Waals surface area contributed by atoms with E-state index in [2.05, 4.69) is 31.2 Å². The molecule has 5 heteroatoms. The third-order valence-electron chi connectivity index (χ3n) is 3.45. The standard InChI is InChI=1S/C18H23NO2S2/c1-14-6-7-15(2)17(11-14)21-8-10-22-13-18(20)19(3)12-16-5-4-9-23-16/h4-7,9,11H,8,10,12-13H2,1-3H3. The number of amides is 1. The molecule has 124 valence electrons. The van der Waals surface area contributed by atoms with Crippen LogP contribution in [-0.4, -0.2) is 36.0 Å². The molecule has 0 spiro atoms. The predicted molar refractivity (Wildman–Crippen MR) is 99.5 cm³/mol. The van der Waals surface area contributed by atoms with Gasteiger partial charge in [-0.15, -0.1) is 23.1 Å². The molecular formula is C18H23NO2S2. The minimum absolute atomic E-state index is 0.162. The molecule has 0 aliphatic rings. The highest BCUT2D eigenvalue weighted by atomic mass is 32.2. The number of thiophene rings is 1. The van der Waals surface area contributed by atoms with E-state index in [1.54, 1.807) is 28.0 Å². The number of thioether (sulfide) groups is 1. The van der Waals surface area contributed by atoms with Crippen LogP contribution in [0.4, 0.5) is 0 Å². The normalized spacial score (nSPS) is 10.6. The van der Waals surface area contributed by atoms with E-state index in [0.717, 1.165) is 17.1 Å². The van der Waals surface area contributed by atoms with E-state index in [9.17, 15) is 4.79 Å². The first kappa shape index (κ1) is 17.9. The Balaban J connectivity index is 1.65. The first-order chi connectivity index (χ1) is 11.1. The fourth-order valence-corrected chi connectivity index (χ4v) is 3.57. The zero-order valence-electron chi connectivity index (χ0n) is 13.9. The van der Waals surface area contributed by atoms with Crippen LogP contribution in [0.2, 0.25) is 0 Å². The second kappa shape index (κ2) is 8.99. The third-order valence-corrected chi connectivity index (χ3v) is 5.22. The van der Waals surface area contributed by atoms with Crippen molar-refractivity contribution in [2.45, 2.75) is 20.4 Å². The van der Waals surface area contributed by atoms with Crippen LogP contribution in [0, 0.1) is 13.8 Å². The first-order valence-electron chi connectivity index (χ1n) is 7.60. The Morgan fingerprint density at radius 2 is 2.13 bits per heavy atom. The average molecular weight is 350 g/mol. The van der Waals surface area contributed by atoms with Crippen molar-refractivity contribution < 1.29 is 9.53 Å². The van der Waals surface area contributed by atoms with Crippen LogP contribution in [0.5, 0.6) is 5.75 Å². The zero-order valence-corrected chi connectivity index (χ0v) is 15.5. The lowest BCUT2D eigenvalue weighted by Crippen LogP contribution is -2.27. The molecule has 23 heavy (non-hydrogen) atoms. The van der Waals surface area contributed by atoms with Crippen molar-refractivity contribution in [2.75, 3.05) is 25.2 Å². The zero-order chi connectivity index (χ0) is 16.7. The number of nitrogens with zero attached hydrogens (tertiary/aromatic N) is 1. The van der Waals surface area contributed by atoms with Crippen LogP contribution in [0.3, 0.4) is 0 Å². The summed E-state index contributed by atoms with van der Waals surface area (Å²) in [5.74, 6) is 2.41. The van der Waals surface area contributed by atoms with Gasteiger partial charge < -0.3 is 9.64 Å². The molecule has 1 aromatic carbocycles. The van der Waals surface area contributed by atoms with Gasteiger partial charge in [0.25, 0.3) is 0 Å². The Bertz CT molecular complexity index is 626. The fraction of sp³-hybridized carbons (Fsp3) is 0.389. The van der Waals surface area contributed by atoms with Gasteiger partial charge in [-0.3, -0.25) is 4.79 Å². The summed E-state index contributed by atoms with van der Waals surface area (Å²) in [7, 11) is 1.86. The van der Waals surface area contributed by atoms with Crippen molar-refractivity contribution in [1.82, 2.24) is 4.90 Å². The van der Waals surface area contributed by atoms with E-state index >= 15 is 0 Å². The van der Waals surface area contributed by atoms with Crippen LogP contribution in [0.15, 0.2) is 35.7 Å². The van der Waals surface area contributed by atoms with Crippen LogP contribution in [-0.2, 0) is 11.3 Å². The van der Waals surface area contributed by atoms with Crippen molar-refractivity contribution in [3.63, 3.8) is 0 Å². The molecule has 0 aliphatic carbocycles. The SMILES string of the molecule is Cc1ccc(C)c(OCCSCC(=O)N(C)Cc2cccs2)c1. The van der Waals surface area contributed by atoms with Crippen molar-refractivity contribution in [2.24, 2.45) is 0 Å². The lowest BCUT2D eigenvalue weighted by molar-refractivity contribution is -0.127. The number of hydrogen-bond acceptors (Lipinski definition) is 4. The molecule has 0 saturated heterocycles. The molecule has 1 aromatic heterocycles. The molecule has 0 atom stereocenters. The first-order valence-corrected chi connectivity index (χ1v) is 9.64. The molecule has 0 radical (unpaired) electrons. The van der Waals surface area contributed by atoms with Gasteiger partial charge in [-0.05, 0) is 42.5 Å². The largest absolute Gasteiger partial charge is 0.492 e. The molecule has 2 rings (SSSR count). The van der Waals surface area contributed by atoms with Gasteiger partial charge in [0.2, 0.25) is 5.91 Å². The highest BCUT2D eigenvalue weighted by Crippen LogP contribution is 2.19. The van der Waals surface area contributed by atoms with E-state index < -0.39 is 0 Å². The molecule has 1 heterocycles.